The molecule has 30 heavy (non-hydrogen) atoms. The molecule has 1 aliphatic rings. The molecule has 2 aromatic carbocycles. The molecule has 0 radical (unpaired) electrons. The Balaban J connectivity index is 1.50. The largest absolute Gasteiger partial charge is 0.370 e. The first-order valence-corrected chi connectivity index (χ1v) is 12.2. The number of carbonyl (C=O) groups is 1. The van der Waals surface area contributed by atoms with Gasteiger partial charge in [-0.05, 0) is 54.6 Å². The van der Waals surface area contributed by atoms with Crippen molar-refractivity contribution in [3.8, 4) is 0 Å². The maximum atomic E-state index is 12.9. The number of nitrogens with zero attached hydrogens (tertiary/aromatic N) is 1. The van der Waals surface area contributed by atoms with Gasteiger partial charge in [-0.25, -0.2) is 13.1 Å². The fourth-order valence-corrected chi connectivity index (χ4v) is 5.26. The molecule has 8 heteroatoms. The minimum absolute atomic E-state index is 0.0690. The van der Waals surface area contributed by atoms with Crippen molar-refractivity contribution < 1.29 is 13.2 Å². The lowest BCUT2D eigenvalue weighted by atomic mass is 10.2. The quantitative estimate of drug-likeness (QED) is 0.579. The van der Waals surface area contributed by atoms with Gasteiger partial charge in [0.25, 0.3) is 5.91 Å². The number of para-hydroxylation sites is 2. The van der Waals surface area contributed by atoms with Gasteiger partial charge in [0.05, 0.1) is 16.3 Å². The smallest absolute Gasteiger partial charge is 0.255 e. The molecule has 156 valence electrons. The van der Waals surface area contributed by atoms with E-state index >= 15 is 0 Å². The van der Waals surface area contributed by atoms with Crippen molar-refractivity contribution >= 4 is 38.6 Å². The normalized spacial score (nSPS) is 14.1. The number of amides is 1. The van der Waals surface area contributed by atoms with E-state index in [0.717, 1.165) is 42.2 Å². The van der Waals surface area contributed by atoms with E-state index in [0.29, 0.717) is 5.56 Å². The molecule has 0 spiro atoms. The van der Waals surface area contributed by atoms with Crippen molar-refractivity contribution in [3.05, 3.63) is 76.5 Å². The zero-order valence-electron chi connectivity index (χ0n) is 16.4. The van der Waals surface area contributed by atoms with E-state index in [9.17, 15) is 13.2 Å². The number of hydrogen-bond donors (Lipinski definition) is 2. The third-order valence-corrected chi connectivity index (χ3v) is 7.30. The summed E-state index contributed by atoms with van der Waals surface area (Å²) in [6.45, 7) is 2.16. The minimum Gasteiger partial charge on any atom is -0.370 e. The summed E-state index contributed by atoms with van der Waals surface area (Å²) < 4.78 is 27.9. The van der Waals surface area contributed by atoms with Gasteiger partial charge in [0, 0.05) is 30.1 Å². The summed E-state index contributed by atoms with van der Waals surface area (Å²) >= 11 is 1.48. The second-order valence-electron chi connectivity index (χ2n) is 7.10. The molecule has 0 bridgehead atoms. The Hall–Kier alpha value is -2.68. The van der Waals surface area contributed by atoms with Crippen LogP contribution in [0.15, 0.2) is 70.9 Å². The maximum absolute atomic E-state index is 12.9. The first-order valence-electron chi connectivity index (χ1n) is 9.80. The Labute approximate surface area is 180 Å². The molecule has 2 N–H and O–H groups in total. The van der Waals surface area contributed by atoms with Crippen LogP contribution in [0.4, 0.5) is 11.4 Å². The number of hydrogen-bond acceptors (Lipinski definition) is 5. The van der Waals surface area contributed by atoms with E-state index in [1.165, 1.54) is 23.5 Å². The van der Waals surface area contributed by atoms with Gasteiger partial charge < -0.3 is 10.2 Å². The Kier molecular flexibility index (Phi) is 6.17. The summed E-state index contributed by atoms with van der Waals surface area (Å²) in [5.74, 6) is -0.336. The number of thiophene rings is 1. The third kappa shape index (κ3) is 4.72. The molecule has 2 heterocycles. The summed E-state index contributed by atoms with van der Waals surface area (Å²) in [5.41, 5.74) is 2.02. The van der Waals surface area contributed by atoms with Crippen LogP contribution in [-0.4, -0.2) is 27.4 Å². The molecule has 4 rings (SSSR count). The van der Waals surface area contributed by atoms with Crippen LogP contribution in [0.1, 0.15) is 28.1 Å². The highest BCUT2D eigenvalue weighted by atomic mass is 32.2. The molecule has 0 atom stereocenters. The minimum atomic E-state index is -3.72. The van der Waals surface area contributed by atoms with Gasteiger partial charge in [0.2, 0.25) is 10.0 Å². The number of anilines is 2. The van der Waals surface area contributed by atoms with E-state index in [1.54, 1.807) is 12.1 Å². The lowest BCUT2D eigenvalue weighted by molar-refractivity contribution is 0.102. The number of benzene rings is 2. The predicted molar refractivity (Wildman–Crippen MR) is 121 cm³/mol. The van der Waals surface area contributed by atoms with Crippen molar-refractivity contribution in [2.45, 2.75) is 24.3 Å². The average Bonchev–Trinajstić information content (AvgIpc) is 3.47. The highest BCUT2D eigenvalue weighted by Crippen LogP contribution is 2.29. The monoisotopic (exact) mass is 441 g/mol. The molecular weight excluding hydrogens is 418 g/mol. The number of carbonyl (C=O) groups excluding carboxylic acids is 1. The van der Waals surface area contributed by atoms with Crippen LogP contribution in [0.2, 0.25) is 0 Å². The van der Waals surface area contributed by atoms with Crippen molar-refractivity contribution in [2.24, 2.45) is 0 Å². The van der Waals surface area contributed by atoms with Crippen LogP contribution in [0, 0.1) is 0 Å². The van der Waals surface area contributed by atoms with Gasteiger partial charge in [-0.15, -0.1) is 11.3 Å². The SMILES string of the molecule is O=C(Nc1ccccc1N1CCCC1)c1cccc(S(=O)(=O)NCc2cccs2)c1. The van der Waals surface area contributed by atoms with E-state index < -0.39 is 10.0 Å². The van der Waals surface area contributed by atoms with Gasteiger partial charge in [-0.1, -0.05) is 24.3 Å². The highest BCUT2D eigenvalue weighted by molar-refractivity contribution is 7.89. The molecule has 6 nitrogen and oxygen atoms in total. The molecule has 3 aromatic rings. The van der Waals surface area contributed by atoms with Gasteiger partial charge >= 0.3 is 0 Å². The number of sulfonamides is 1. The van der Waals surface area contributed by atoms with E-state index in [1.807, 2.05) is 41.8 Å². The number of rotatable bonds is 7. The van der Waals surface area contributed by atoms with Crippen molar-refractivity contribution in [1.29, 1.82) is 0 Å². The lowest BCUT2D eigenvalue weighted by Crippen LogP contribution is -2.23. The van der Waals surface area contributed by atoms with Gasteiger partial charge in [-0.3, -0.25) is 4.79 Å². The summed E-state index contributed by atoms with van der Waals surface area (Å²) in [6.07, 6.45) is 2.28. The second kappa shape index (κ2) is 8.99. The fourth-order valence-electron chi connectivity index (χ4n) is 3.47. The molecule has 0 aliphatic carbocycles. The molecule has 1 aromatic heterocycles. The predicted octanol–water partition coefficient (Wildman–Crippen LogP) is 4.08. The molecule has 0 saturated carbocycles. The molecular formula is C22H23N3O3S2. The molecule has 1 amide bonds. The first kappa shape index (κ1) is 20.6. The van der Waals surface area contributed by atoms with Crippen LogP contribution < -0.4 is 14.9 Å². The van der Waals surface area contributed by atoms with Crippen LogP contribution in [0.5, 0.6) is 0 Å². The lowest BCUT2D eigenvalue weighted by Gasteiger charge is -2.21. The molecule has 1 fully saturated rings. The zero-order chi connectivity index (χ0) is 21.0. The summed E-state index contributed by atoms with van der Waals surface area (Å²) in [4.78, 5) is 16.1. The topological polar surface area (TPSA) is 78.5 Å². The third-order valence-electron chi connectivity index (χ3n) is 5.02. The summed E-state index contributed by atoms with van der Waals surface area (Å²) in [7, 11) is -3.72. The van der Waals surface area contributed by atoms with Crippen molar-refractivity contribution in [2.75, 3.05) is 23.3 Å². The zero-order valence-corrected chi connectivity index (χ0v) is 18.0. The Bertz CT molecular complexity index is 1120. The summed E-state index contributed by atoms with van der Waals surface area (Å²) in [5, 5.41) is 4.84. The van der Waals surface area contributed by atoms with Crippen molar-refractivity contribution in [3.63, 3.8) is 0 Å². The van der Waals surface area contributed by atoms with Crippen LogP contribution in [-0.2, 0) is 16.6 Å². The van der Waals surface area contributed by atoms with E-state index in [2.05, 4.69) is 14.9 Å². The summed E-state index contributed by atoms with van der Waals surface area (Å²) in [6, 6.07) is 17.5. The standard InChI is InChI=1S/C22H23N3O3S2/c26-22(24-20-10-1-2-11-21(20)25-12-3-4-13-25)17-7-5-9-19(15-17)30(27,28)23-16-18-8-6-14-29-18/h1-2,5-11,14-15,23H,3-4,12-13,16H2,(H,24,26). The van der Waals surface area contributed by atoms with Gasteiger partial charge in [-0.2, -0.15) is 0 Å². The van der Waals surface area contributed by atoms with Crippen LogP contribution in [0.3, 0.4) is 0 Å². The van der Waals surface area contributed by atoms with Gasteiger partial charge in [0.15, 0.2) is 0 Å². The maximum Gasteiger partial charge on any atom is 0.255 e. The van der Waals surface area contributed by atoms with E-state index in [-0.39, 0.29) is 17.3 Å². The second-order valence-corrected chi connectivity index (χ2v) is 9.90. The molecule has 0 unspecified atom stereocenters. The van der Waals surface area contributed by atoms with Crippen LogP contribution in [0.25, 0.3) is 0 Å². The average molecular weight is 442 g/mol. The van der Waals surface area contributed by atoms with Crippen LogP contribution >= 0.6 is 11.3 Å². The highest BCUT2D eigenvalue weighted by Gasteiger charge is 2.19. The molecule has 1 saturated heterocycles. The van der Waals surface area contributed by atoms with Crippen molar-refractivity contribution in [1.82, 2.24) is 4.72 Å². The number of nitrogens with one attached hydrogen (secondary N) is 2. The Morgan fingerprint density at radius 1 is 1.00 bits per heavy atom. The first-order chi connectivity index (χ1) is 14.5. The Morgan fingerprint density at radius 3 is 2.57 bits per heavy atom. The fraction of sp³-hybridized carbons (Fsp3) is 0.227. The van der Waals surface area contributed by atoms with E-state index in [4.69, 9.17) is 0 Å². The van der Waals surface area contributed by atoms with Gasteiger partial charge in [0.1, 0.15) is 0 Å². The Morgan fingerprint density at radius 2 is 1.80 bits per heavy atom. The molecule has 1 aliphatic heterocycles.